The summed E-state index contributed by atoms with van der Waals surface area (Å²) in [7, 11) is 1.25. The van der Waals surface area contributed by atoms with Crippen LogP contribution < -0.4 is 5.32 Å². The number of methoxy groups -OCH3 is 1. The molecule has 7 nitrogen and oxygen atoms in total. The van der Waals surface area contributed by atoms with Gasteiger partial charge in [-0.1, -0.05) is 30.3 Å². The number of amides is 2. The van der Waals surface area contributed by atoms with Gasteiger partial charge >= 0.3 is 12.1 Å². The van der Waals surface area contributed by atoms with Gasteiger partial charge in [0, 0.05) is 6.54 Å². The van der Waals surface area contributed by atoms with Crippen LogP contribution in [-0.2, 0) is 25.7 Å². The van der Waals surface area contributed by atoms with Gasteiger partial charge in [0.25, 0.3) is 0 Å². The first-order valence-electron chi connectivity index (χ1n) is 7.75. The first-order chi connectivity index (χ1) is 11.4. The van der Waals surface area contributed by atoms with Crippen molar-refractivity contribution in [3.05, 3.63) is 35.9 Å². The van der Waals surface area contributed by atoms with Crippen LogP contribution in [-0.4, -0.2) is 48.1 Å². The lowest BCUT2D eigenvalue weighted by atomic mass is 9.86. The number of benzene rings is 1. The predicted molar refractivity (Wildman–Crippen MR) is 86.0 cm³/mol. The highest BCUT2D eigenvalue weighted by atomic mass is 16.6. The van der Waals surface area contributed by atoms with Crippen molar-refractivity contribution in [2.24, 2.45) is 0 Å². The maximum absolute atomic E-state index is 12.4. The van der Waals surface area contributed by atoms with Crippen LogP contribution in [0.2, 0.25) is 0 Å². The first kappa shape index (κ1) is 17.8. The Morgan fingerprint density at radius 2 is 1.96 bits per heavy atom. The first-order valence-corrected chi connectivity index (χ1v) is 7.75. The van der Waals surface area contributed by atoms with Crippen LogP contribution in [0.1, 0.15) is 25.8 Å². The van der Waals surface area contributed by atoms with Crippen molar-refractivity contribution >= 4 is 18.0 Å². The summed E-state index contributed by atoms with van der Waals surface area (Å²) in [6.45, 7) is 3.76. The monoisotopic (exact) mass is 334 g/mol. The van der Waals surface area contributed by atoms with Crippen molar-refractivity contribution in [1.29, 1.82) is 0 Å². The molecule has 1 heterocycles. The maximum atomic E-state index is 12.4. The molecule has 0 bridgehead atoms. The van der Waals surface area contributed by atoms with E-state index >= 15 is 0 Å². The predicted octanol–water partition coefficient (Wildman–Crippen LogP) is 1.47. The summed E-state index contributed by atoms with van der Waals surface area (Å²) in [5, 5.41) is 2.57. The molecule has 130 valence electrons. The summed E-state index contributed by atoms with van der Waals surface area (Å²) in [5.74, 6) is -0.937. The Morgan fingerprint density at radius 1 is 1.29 bits per heavy atom. The summed E-state index contributed by atoms with van der Waals surface area (Å²) in [6.07, 6.45) is -0.0406. The molecule has 1 fully saturated rings. The molecule has 1 aromatic carbocycles. The number of ether oxygens (including phenoxy) is 2. The van der Waals surface area contributed by atoms with Crippen LogP contribution in [0.25, 0.3) is 0 Å². The molecule has 0 radical (unpaired) electrons. The summed E-state index contributed by atoms with van der Waals surface area (Å²) in [6, 6.07) is 8.53. The lowest BCUT2D eigenvalue weighted by Crippen LogP contribution is -2.68. The molecule has 2 rings (SSSR count). The molecule has 0 aromatic heterocycles. The second-order valence-corrected chi connectivity index (χ2v) is 5.93. The van der Waals surface area contributed by atoms with E-state index in [1.165, 1.54) is 18.9 Å². The van der Waals surface area contributed by atoms with E-state index in [9.17, 15) is 14.4 Å². The molecule has 2 amide bonds. The molecule has 1 aliphatic heterocycles. The molecular weight excluding hydrogens is 312 g/mol. The lowest BCUT2D eigenvalue weighted by molar-refractivity contribution is -0.148. The Bertz CT molecular complexity index is 619. The Labute approximate surface area is 140 Å². The van der Waals surface area contributed by atoms with Gasteiger partial charge in [0.1, 0.15) is 18.2 Å². The van der Waals surface area contributed by atoms with Crippen molar-refractivity contribution in [3.63, 3.8) is 0 Å². The maximum Gasteiger partial charge on any atom is 0.410 e. The topological polar surface area (TPSA) is 84.9 Å². The summed E-state index contributed by atoms with van der Waals surface area (Å²) in [4.78, 5) is 37.4. The number of nitrogens with zero attached hydrogens (tertiary/aromatic N) is 1. The fourth-order valence-electron chi connectivity index (χ4n) is 2.47. The number of rotatable bonds is 5. The van der Waals surface area contributed by atoms with Gasteiger partial charge < -0.3 is 14.8 Å². The van der Waals surface area contributed by atoms with Crippen molar-refractivity contribution in [2.45, 2.75) is 38.5 Å². The fraction of sp³-hybridized carbons (Fsp3) is 0.471. The zero-order valence-electron chi connectivity index (χ0n) is 14.1. The number of esters is 1. The van der Waals surface area contributed by atoms with E-state index in [0.29, 0.717) is 13.0 Å². The van der Waals surface area contributed by atoms with Crippen molar-refractivity contribution in [1.82, 2.24) is 10.2 Å². The third kappa shape index (κ3) is 3.67. The smallest absolute Gasteiger partial charge is 0.410 e. The van der Waals surface area contributed by atoms with E-state index in [-0.39, 0.29) is 6.61 Å². The van der Waals surface area contributed by atoms with Gasteiger partial charge in [-0.05, 0) is 25.8 Å². The summed E-state index contributed by atoms with van der Waals surface area (Å²) < 4.78 is 9.85. The summed E-state index contributed by atoms with van der Waals surface area (Å²) in [5.41, 5.74) is -0.146. The van der Waals surface area contributed by atoms with Gasteiger partial charge in [-0.25, -0.2) is 9.59 Å². The summed E-state index contributed by atoms with van der Waals surface area (Å²) >= 11 is 0. The Balaban J connectivity index is 1.92. The normalized spacial score (nSPS) is 20.5. The van der Waals surface area contributed by atoms with Crippen molar-refractivity contribution < 1.29 is 23.9 Å². The van der Waals surface area contributed by atoms with Crippen LogP contribution in [0.15, 0.2) is 30.3 Å². The average molecular weight is 334 g/mol. The lowest BCUT2D eigenvalue weighted by Gasteiger charge is -2.48. The van der Waals surface area contributed by atoms with E-state index in [0.717, 1.165) is 5.56 Å². The van der Waals surface area contributed by atoms with E-state index < -0.39 is 29.6 Å². The van der Waals surface area contributed by atoms with Crippen LogP contribution in [0, 0.1) is 0 Å². The van der Waals surface area contributed by atoms with Gasteiger partial charge in [-0.15, -0.1) is 0 Å². The molecule has 1 saturated heterocycles. The highest BCUT2D eigenvalue weighted by Gasteiger charge is 2.50. The number of nitrogens with one attached hydrogen (secondary N) is 1. The minimum atomic E-state index is -1.02. The molecule has 1 aromatic rings. The fourth-order valence-corrected chi connectivity index (χ4v) is 2.47. The highest BCUT2D eigenvalue weighted by Crippen LogP contribution is 2.31. The molecule has 0 spiro atoms. The van der Waals surface area contributed by atoms with Crippen molar-refractivity contribution in [3.8, 4) is 0 Å². The second kappa shape index (κ2) is 7.33. The standard InChI is InChI=1S/C17H22N2O5/c1-12(14(20)23-3)18-15(21)17(2)9-10-19(17)16(22)24-11-13-7-5-4-6-8-13/h4-8,12H,9-11H2,1-3H3,(H,18,21)/t12-,17?/m0/s1. The molecule has 2 atom stereocenters. The largest absolute Gasteiger partial charge is 0.467 e. The molecule has 1 N–H and O–H groups in total. The van der Waals surface area contributed by atoms with E-state index in [1.807, 2.05) is 30.3 Å². The van der Waals surface area contributed by atoms with Crippen LogP contribution >= 0.6 is 0 Å². The SMILES string of the molecule is COC(=O)[C@H](C)NC(=O)C1(C)CCN1C(=O)OCc1ccccc1. The quantitative estimate of drug-likeness (QED) is 0.824. The van der Waals surface area contributed by atoms with Crippen LogP contribution in [0.5, 0.6) is 0 Å². The van der Waals surface area contributed by atoms with E-state index in [1.54, 1.807) is 6.92 Å². The van der Waals surface area contributed by atoms with Crippen LogP contribution in [0.3, 0.4) is 0 Å². The van der Waals surface area contributed by atoms with Gasteiger partial charge in [-0.2, -0.15) is 0 Å². The molecule has 7 heteroatoms. The van der Waals surface area contributed by atoms with Gasteiger partial charge in [0.2, 0.25) is 5.91 Å². The number of hydrogen-bond acceptors (Lipinski definition) is 5. The van der Waals surface area contributed by atoms with Gasteiger partial charge in [0.05, 0.1) is 7.11 Å². The third-order valence-electron chi connectivity index (χ3n) is 4.23. The number of carbonyl (C=O) groups excluding carboxylic acids is 3. The van der Waals surface area contributed by atoms with Crippen LogP contribution in [0.4, 0.5) is 4.79 Å². The number of hydrogen-bond donors (Lipinski definition) is 1. The molecule has 1 aliphatic rings. The molecule has 0 saturated carbocycles. The van der Waals surface area contributed by atoms with E-state index in [4.69, 9.17) is 4.74 Å². The Morgan fingerprint density at radius 3 is 2.50 bits per heavy atom. The molecular formula is C17H22N2O5. The second-order valence-electron chi connectivity index (χ2n) is 5.93. The Kier molecular flexibility index (Phi) is 5.43. The van der Waals surface area contributed by atoms with Gasteiger partial charge in [0.15, 0.2) is 0 Å². The van der Waals surface area contributed by atoms with Crippen molar-refractivity contribution in [2.75, 3.05) is 13.7 Å². The Hall–Kier alpha value is -2.57. The minimum absolute atomic E-state index is 0.145. The highest BCUT2D eigenvalue weighted by molar-refractivity contribution is 5.93. The molecule has 24 heavy (non-hydrogen) atoms. The molecule has 1 unspecified atom stereocenters. The van der Waals surface area contributed by atoms with E-state index in [2.05, 4.69) is 10.1 Å². The average Bonchev–Trinajstić information content (AvgIpc) is 2.58. The zero-order chi connectivity index (χ0) is 17.7. The third-order valence-corrected chi connectivity index (χ3v) is 4.23. The van der Waals surface area contributed by atoms with Gasteiger partial charge in [-0.3, -0.25) is 9.69 Å². The minimum Gasteiger partial charge on any atom is -0.467 e. The number of carbonyl (C=O) groups is 3. The molecule has 0 aliphatic carbocycles. The zero-order valence-corrected chi connectivity index (χ0v) is 14.1. The number of likely N-dealkylation sites (tertiary alicyclic amines) is 1.